The molecule has 9 heteroatoms. The largest absolute Gasteiger partial charge is 2.00 e. The van der Waals surface area contributed by atoms with E-state index < -0.39 is 23.1 Å². The Morgan fingerprint density at radius 3 is 2.41 bits per heavy atom. The molecule has 3 heterocycles. The van der Waals surface area contributed by atoms with Crippen LogP contribution < -0.4 is 0 Å². The Hall–Kier alpha value is -2.86. The van der Waals surface area contributed by atoms with Crippen LogP contribution in [0.15, 0.2) is 60.9 Å². The molecule has 32 heavy (non-hydrogen) atoms. The third kappa shape index (κ3) is 4.65. The summed E-state index contributed by atoms with van der Waals surface area (Å²) < 4.78 is 53.8. The second-order valence-electron chi connectivity index (χ2n) is 7.39. The van der Waals surface area contributed by atoms with Crippen LogP contribution in [0.3, 0.4) is 0 Å². The summed E-state index contributed by atoms with van der Waals surface area (Å²) in [5, 5.41) is 4.51. The number of alkyl halides is 3. The van der Waals surface area contributed by atoms with Gasteiger partial charge in [-0.2, -0.15) is 36.5 Å². The molecule has 0 aliphatic carbocycles. The molecular weight excluding hydrogens is 603 g/mol. The molecule has 3 aromatic heterocycles. The predicted octanol–water partition coefficient (Wildman–Crippen LogP) is 5.41. The van der Waals surface area contributed by atoms with Gasteiger partial charge in [0.15, 0.2) is 0 Å². The van der Waals surface area contributed by atoms with Gasteiger partial charge in [-0.25, -0.2) is 4.39 Å². The van der Waals surface area contributed by atoms with E-state index in [0.717, 1.165) is 12.1 Å². The number of benzene rings is 1. The van der Waals surface area contributed by atoms with Gasteiger partial charge < -0.3 is 9.97 Å². The molecule has 4 aromatic rings. The van der Waals surface area contributed by atoms with Gasteiger partial charge in [0.2, 0.25) is 0 Å². The Bertz CT molecular complexity index is 1220. The van der Waals surface area contributed by atoms with Gasteiger partial charge in [0.05, 0.1) is 11.1 Å². The summed E-state index contributed by atoms with van der Waals surface area (Å²) in [6.07, 6.45) is -1.46. The number of nitrogens with zero attached hydrogens (tertiary/aromatic N) is 4. The van der Waals surface area contributed by atoms with E-state index in [9.17, 15) is 17.6 Å². The van der Waals surface area contributed by atoms with Crippen molar-refractivity contribution in [1.29, 1.82) is 0 Å². The van der Waals surface area contributed by atoms with Crippen LogP contribution in [-0.2, 0) is 32.7 Å². The fraction of sp³-hybridized carbons (Fsp3) is 0.174. The minimum atomic E-state index is -4.42. The number of rotatable bonds is 4. The first-order valence-electron chi connectivity index (χ1n) is 9.32. The normalized spacial score (nSPS) is 11.8. The molecule has 0 unspecified atom stereocenters. The zero-order valence-corrected chi connectivity index (χ0v) is 19.2. The van der Waals surface area contributed by atoms with Crippen LogP contribution in [0, 0.1) is 18.1 Å². The molecular formula is C23H16F4N4Pt. The molecule has 0 N–H and O–H groups in total. The van der Waals surface area contributed by atoms with Crippen LogP contribution in [0.1, 0.15) is 30.8 Å². The van der Waals surface area contributed by atoms with Crippen LogP contribution >= 0.6 is 0 Å². The van der Waals surface area contributed by atoms with E-state index in [1.165, 1.54) is 23.0 Å². The monoisotopic (exact) mass is 619 g/mol. The van der Waals surface area contributed by atoms with Crippen molar-refractivity contribution in [3.8, 4) is 16.9 Å². The van der Waals surface area contributed by atoms with Gasteiger partial charge in [-0.1, -0.05) is 29.5 Å². The fourth-order valence-electron chi connectivity index (χ4n) is 3.11. The summed E-state index contributed by atoms with van der Waals surface area (Å²) in [4.78, 5) is 8.22. The maximum atomic E-state index is 14.0. The van der Waals surface area contributed by atoms with Crippen molar-refractivity contribution in [2.45, 2.75) is 25.4 Å². The molecule has 0 radical (unpaired) electrons. The van der Waals surface area contributed by atoms with E-state index in [4.69, 9.17) is 0 Å². The SMILES string of the molecule is CC(C)(c1cccc(-c2[c-]ccnc2F)n1)c1ccn(-c2[c-]cc(C(F)(F)F)cc2)n1.[Pt+2]. The van der Waals surface area contributed by atoms with Gasteiger partial charge in [-0.15, -0.1) is 18.2 Å². The van der Waals surface area contributed by atoms with E-state index >= 15 is 0 Å². The molecule has 4 nitrogen and oxygen atoms in total. The maximum absolute atomic E-state index is 14.0. The quantitative estimate of drug-likeness (QED) is 0.174. The topological polar surface area (TPSA) is 43.6 Å². The first-order valence-corrected chi connectivity index (χ1v) is 9.32. The Morgan fingerprint density at radius 2 is 1.75 bits per heavy atom. The van der Waals surface area contributed by atoms with Gasteiger partial charge in [0.25, 0.3) is 0 Å². The molecule has 0 aliphatic rings. The molecule has 0 amide bonds. The first kappa shape index (κ1) is 23.8. The summed E-state index contributed by atoms with van der Waals surface area (Å²) in [6, 6.07) is 17.1. The van der Waals surface area contributed by atoms with Crippen LogP contribution in [0.2, 0.25) is 0 Å². The van der Waals surface area contributed by atoms with Crippen molar-refractivity contribution >= 4 is 0 Å². The smallest absolute Gasteiger partial charge is 0.326 e. The molecule has 166 valence electrons. The van der Waals surface area contributed by atoms with E-state index in [0.29, 0.717) is 22.8 Å². The average molecular weight is 619 g/mol. The van der Waals surface area contributed by atoms with Gasteiger partial charge in [-0.3, -0.25) is 4.68 Å². The van der Waals surface area contributed by atoms with Crippen molar-refractivity contribution in [2.24, 2.45) is 0 Å². The predicted molar refractivity (Wildman–Crippen MR) is 106 cm³/mol. The molecule has 1 aromatic carbocycles. The third-order valence-electron chi connectivity index (χ3n) is 4.94. The Kier molecular flexibility index (Phi) is 6.65. The fourth-order valence-corrected chi connectivity index (χ4v) is 3.11. The van der Waals surface area contributed by atoms with Gasteiger partial charge in [0, 0.05) is 11.9 Å². The van der Waals surface area contributed by atoms with Crippen molar-refractivity contribution in [3.05, 3.63) is 96.0 Å². The maximum Gasteiger partial charge on any atom is 2.00 e. The van der Waals surface area contributed by atoms with Crippen molar-refractivity contribution in [3.63, 3.8) is 0 Å². The summed E-state index contributed by atoms with van der Waals surface area (Å²) in [5.74, 6) is -0.660. The number of hydrogen-bond donors (Lipinski definition) is 0. The van der Waals surface area contributed by atoms with Crippen LogP contribution in [0.5, 0.6) is 0 Å². The molecule has 0 saturated heterocycles. The molecule has 4 rings (SSSR count). The summed E-state index contributed by atoms with van der Waals surface area (Å²) in [6.45, 7) is 3.82. The molecule has 0 atom stereocenters. The standard InChI is InChI=1S/C23H16F4N4.Pt/c1-22(2,19-7-3-6-18(29-19)17-5-4-13-28-21(17)24)20-12-14-31(30-20)16-10-8-15(9-11-16)23(25,26)27;/h3-4,6-10,12-14H,1-2H3;/q-2;+2. The van der Waals surface area contributed by atoms with E-state index in [-0.39, 0.29) is 26.6 Å². The Morgan fingerprint density at radius 1 is 0.969 bits per heavy atom. The number of aromatic nitrogens is 4. The molecule has 0 saturated carbocycles. The minimum absolute atomic E-state index is 0. The summed E-state index contributed by atoms with van der Waals surface area (Å²) in [5.41, 5.74) is 0.792. The Balaban J connectivity index is 0.00000289. The summed E-state index contributed by atoms with van der Waals surface area (Å²) in [7, 11) is 0. The average Bonchev–Trinajstić information content (AvgIpc) is 3.25. The zero-order chi connectivity index (χ0) is 22.2. The molecule has 0 spiro atoms. The first-order chi connectivity index (χ1) is 14.7. The molecule has 0 aliphatic heterocycles. The van der Waals surface area contributed by atoms with Gasteiger partial charge >= 0.3 is 27.2 Å². The second kappa shape index (κ2) is 8.94. The van der Waals surface area contributed by atoms with Gasteiger partial charge in [-0.05, 0) is 37.4 Å². The van der Waals surface area contributed by atoms with Crippen LogP contribution in [-0.4, -0.2) is 19.7 Å². The van der Waals surface area contributed by atoms with E-state index in [1.54, 1.807) is 30.5 Å². The minimum Gasteiger partial charge on any atom is -0.326 e. The van der Waals surface area contributed by atoms with Crippen molar-refractivity contribution < 1.29 is 38.6 Å². The van der Waals surface area contributed by atoms with Crippen molar-refractivity contribution in [1.82, 2.24) is 19.7 Å². The van der Waals surface area contributed by atoms with Crippen molar-refractivity contribution in [2.75, 3.05) is 0 Å². The summed E-state index contributed by atoms with van der Waals surface area (Å²) >= 11 is 0. The Labute approximate surface area is 196 Å². The second-order valence-corrected chi connectivity index (χ2v) is 7.39. The number of hydrogen-bond acceptors (Lipinski definition) is 3. The van der Waals surface area contributed by atoms with Gasteiger partial charge in [0.1, 0.15) is 5.95 Å². The van der Waals surface area contributed by atoms with E-state index in [1.807, 2.05) is 13.8 Å². The number of pyridine rings is 2. The zero-order valence-electron chi connectivity index (χ0n) is 16.9. The molecule has 0 bridgehead atoms. The third-order valence-corrected chi connectivity index (χ3v) is 4.94. The number of halogens is 4. The van der Waals surface area contributed by atoms with Crippen LogP contribution in [0.4, 0.5) is 17.6 Å². The van der Waals surface area contributed by atoms with Crippen LogP contribution in [0.25, 0.3) is 16.9 Å². The molecule has 0 fully saturated rings. The van der Waals surface area contributed by atoms with E-state index in [2.05, 4.69) is 27.2 Å².